The minimum absolute atomic E-state index is 0.138. The molecule has 18 heavy (non-hydrogen) atoms. The largest absolute Gasteiger partial charge is 0.326 e. The summed E-state index contributed by atoms with van der Waals surface area (Å²) < 4.78 is 0. The van der Waals surface area contributed by atoms with Crippen molar-refractivity contribution in [1.29, 1.82) is 0 Å². The third-order valence-corrected chi connectivity index (χ3v) is 3.11. The van der Waals surface area contributed by atoms with Crippen molar-refractivity contribution in [2.45, 2.75) is 58.8 Å². The molecule has 1 N–H and O–H groups in total. The Morgan fingerprint density at radius 1 is 1.17 bits per heavy atom. The standard InChI is InChI=1S/C16H25NO/c1-4-5-6-7-12-16(18)17-15-11-9-8-10-14(15)13(2)3/h8-11,13H,4-7,12H2,1-3H3,(H,17,18). The van der Waals surface area contributed by atoms with Gasteiger partial charge < -0.3 is 5.32 Å². The maximum atomic E-state index is 11.8. The lowest BCUT2D eigenvalue weighted by Gasteiger charge is -2.13. The first-order chi connectivity index (χ1) is 8.65. The summed E-state index contributed by atoms with van der Waals surface area (Å²) in [5.41, 5.74) is 2.17. The van der Waals surface area contributed by atoms with Gasteiger partial charge in [0.15, 0.2) is 0 Å². The topological polar surface area (TPSA) is 29.1 Å². The molecule has 1 rings (SSSR count). The molecule has 0 unspecified atom stereocenters. The number of nitrogens with one attached hydrogen (secondary N) is 1. The number of benzene rings is 1. The molecule has 0 aliphatic heterocycles. The number of hydrogen-bond acceptors (Lipinski definition) is 1. The van der Waals surface area contributed by atoms with Gasteiger partial charge in [-0.05, 0) is 24.0 Å². The van der Waals surface area contributed by atoms with Crippen molar-refractivity contribution in [1.82, 2.24) is 0 Å². The van der Waals surface area contributed by atoms with Crippen LogP contribution >= 0.6 is 0 Å². The molecule has 0 aromatic heterocycles. The van der Waals surface area contributed by atoms with E-state index in [1.54, 1.807) is 0 Å². The second kappa shape index (κ2) is 7.91. The lowest BCUT2D eigenvalue weighted by Crippen LogP contribution is -2.13. The molecule has 100 valence electrons. The van der Waals surface area contributed by atoms with Crippen LogP contribution in [0.4, 0.5) is 5.69 Å². The minimum atomic E-state index is 0.138. The smallest absolute Gasteiger partial charge is 0.224 e. The Morgan fingerprint density at radius 2 is 1.89 bits per heavy atom. The fourth-order valence-electron chi connectivity index (χ4n) is 2.04. The highest BCUT2D eigenvalue weighted by atomic mass is 16.1. The number of unbranched alkanes of at least 4 members (excludes halogenated alkanes) is 3. The minimum Gasteiger partial charge on any atom is -0.326 e. The molecule has 0 radical (unpaired) electrons. The van der Waals surface area contributed by atoms with Crippen LogP contribution in [-0.4, -0.2) is 5.91 Å². The van der Waals surface area contributed by atoms with Gasteiger partial charge in [0, 0.05) is 12.1 Å². The number of hydrogen-bond donors (Lipinski definition) is 1. The van der Waals surface area contributed by atoms with Gasteiger partial charge in [-0.25, -0.2) is 0 Å². The molecular weight excluding hydrogens is 222 g/mol. The highest BCUT2D eigenvalue weighted by Gasteiger charge is 2.08. The summed E-state index contributed by atoms with van der Waals surface area (Å²) in [7, 11) is 0. The van der Waals surface area contributed by atoms with Gasteiger partial charge in [-0.15, -0.1) is 0 Å². The van der Waals surface area contributed by atoms with Crippen LogP contribution in [0.25, 0.3) is 0 Å². The van der Waals surface area contributed by atoms with Crippen LogP contribution < -0.4 is 5.32 Å². The van der Waals surface area contributed by atoms with E-state index in [-0.39, 0.29) is 5.91 Å². The van der Waals surface area contributed by atoms with E-state index < -0.39 is 0 Å². The first kappa shape index (κ1) is 14.7. The lowest BCUT2D eigenvalue weighted by molar-refractivity contribution is -0.116. The maximum absolute atomic E-state index is 11.8. The second-order valence-electron chi connectivity index (χ2n) is 5.10. The van der Waals surface area contributed by atoms with Crippen molar-refractivity contribution < 1.29 is 4.79 Å². The molecule has 0 spiro atoms. The quantitative estimate of drug-likeness (QED) is 0.694. The van der Waals surface area contributed by atoms with Crippen LogP contribution in [0.3, 0.4) is 0 Å². The van der Waals surface area contributed by atoms with E-state index in [9.17, 15) is 4.79 Å². The Balaban J connectivity index is 2.49. The summed E-state index contributed by atoms with van der Waals surface area (Å²) >= 11 is 0. The predicted octanol–water partition coefficient (Wildman–Crippen LogP) is 4.72. The van der Waals surface area contributed by atoms with E-state index in [1.165, 1.54) is 18.4 Å². The number of amides is 1. The summed E-state index contributed by atoms with van der Waals surface area (Å²) in [5.74, 6) is 0.570. The third-order valence-electron chi connectivity index (χ3n) is 3.11. The van der Waals surface area contributed by atoms with Gasteiger partial charge in [-0.3, -0.25) is 4.79 Å². The highest BCUT2D eigenvalue weighted by Crippen LogP contribution is 2.23. The number of para-hydroxylation sites is 1. The first-order valence-electron chi connectivity index (χ1n) is 7.04. The molecule has 1 aromatic rings. The monoisotopic (exact) mass is 247 g/mol. The van der Waals surface area contributed by atoms with Crippen molar-refractivity contribution in [3.63, 3.8) is 0 Å². The molecule has 0 saturated heterocycles. The Morgan fingerprint density at radius 3 is 2.56 bits per heavy atom. The molecule has 0 heterocycles. The lowest BCUT2D eigenvalue weighted by atomic mass is 10.0. The first-order valence-corrected chi connectivity index (χ1v) is 7.04. The Labute approximate surface area is 111 Å². The van der Waals surface area contributed by atoms with Gasteiger partial charge in [-0.2, -0.15) is 0 Å². The summed E-state index contributed by atoms with van der Waals surface area (Å²) in [6.45, 7) is 6.47. The molecule has 0 fully saturated rings. The van der Waals surface area contributed by atoms with Crippen LogP contribution in [0, 0.1) is 0 Å². The fraction of sp³-hybridized carbons (Fsp3) is 0.562. The molecule has 0 aliphatic rings. The van der Waals surface area contributed by atoms with E-state index in [2.05, 4.69) is 32.2 Å². The highest BCUT2D eigenvalue weighted by molar-refractivity contribution is 5.91. The summed E-state index contributed by atoms with van der Waals surface area (Å²) in [5, 5.41) is 3.03. The van der Waals surface area contributed by atoms with Gasteiger partial charge in [-0.1, -0.05) is 58.2 Å². The van der Waals surface area contributed by atoms with Crippen molar-refractivity contribution in [2.75, 3.05) is 5.32 Å². The number of rotatable bonds is 7. The van der Waals surface area contributed by atoms with Crippen molar-refractivity contribution in [3.8, 4) is 0 Å². The second-order valence-corrected chi connectivity index (χ2v) is 5.10. The molecule has 0 saturated carbocycles. The zero-order valence-corrected chi connectivity index (χ0v) is 11.8. The van der Waals surface area contributed by atoms with E-state index in [1.807, 2.05) is 18.2 Å². The summed E-state index contributed by atoms with van der Waals surface area (Å²) in [6.07, 6.45) is 5.19. The van der Waals surface area contributed by atoms with Crippen LogP contribution in [0.2, 0.25) is 0 Å². The Bertz CT molecular complexity index is 371. The van der Waals surface area contributed by atoms with E-state index >= 15 is 0 Å². The van der Waals surface area contributed by atoms with Gasteiger partial charge in [0.2, 0.25) is 5.91 Å². The molecule has 0 atom stereocenters. The van der Waals surface area contributed by atoms with Crippen LogP contribution in [-0.2, 0) is 4.79 Å². The zero-order chi connectivity index (χ0) is 13.4. The van der Waals surface area contributed by atoms with Gasteiger partial charge >= 0.3 is 0 Å². The van der Waals surface area contributed by atoms with Crippen molar-refractivity contribution >= 4 is 11.6 Å². The average Bonchev–Trinajstić information content (AvgIpc) is 2.35. The molecule has 0 bridgehead atoms. The van der Waals surface area contributed by atoms with Crippen LogP contribution in [0.5, 0.6) is 0 Å². The summed E-state index contributed by atoms with van der Waals surface area (Å²) in [4.78, 5) is 11.8. The van der Waals surface area contributed by atoms with Crippen molar-refractivity contribution in [3.05, 3.63) is 29.8 Å². The van der Waals surface area contributed by atoms with Crippen LogP contribution in [0.1, 0.15) is 64.4 Å². The van der Waals surface area contributed by atoms with E-state index in [0.717, 1.165) is 18.5 Å². The molecule has 0 aliphatic carbocycles. The Hall–Kier alpha value is -1.31. The maximum Gasteiger partial charge on any atom is 0.224 e. The molecular formula is C16H25NO. The van der Waals surface area contributed by atoms with Gasteiger partial charge in [0.1, 0.15) is 0 Å². The average molecular weight is 247 g/mol. The number of carbonyl (C=O) groups is 1. The van der Waals surface area contributed by atoms with E-state index in [0.29, 0.717) is 12.3 Å². The van der Waals surface area contributed by atoms with Crippen molar-refractivity contribution in [2.24, 2.45) is 0 Å². The van der Waals surface area contributed by atoms with Gasteiger partial charge in [0.25, 0.3) is 0 Å². The summed E-state index contributed by atoms with van der Waals surface area (Å²) in [6, 6.07) is 8.06. The van der Waals surface area contributed by atoms with E-state index in [4.69, 9.17) is 0 Å². The third kappa shape index (κ3) is 4.91. The Kier molecular flexibility index (Phi) is 6.48. The number of carbonyl (C=O) groups excluding carboxylic acids is 1. The normalized spacial score (nSPS) is 10.7. The fourth-order valence-corrected chi connectivity index (χ4v) is 2.04. The zero-order valence-electron chi connectivity index (χ0n) is 11.8. The predicted molar refractivity (Wildman–Crippen MR) is 77.9 cm³/mol. The molecule has 1 aromatic carbocycles. The molecule has 2 nitrogen and oxygen atoms in total. The van der Waals surface area contributed by atoms with Crippen LogP contribution in [0.15, 0.2) is 24.3 Å². The van der Waals surface area contributed by atoms with Gasteiger partial charge in [0.05, 0.1) is 0 Å². The molecule has 1 amide bonds. The SMILES string of the molecule is CCCCCCC(=O)Nc1ccccc1C(C)C. The molecule has 2 heteroatoms. The number of anilines is 1.